The lowest BCUT2D eigenvalue weighted by atomic mass is 9.52. The minimum atomic E-state index is -0.420. The van der Waals surface area contributed by atoms with Gasteiger partial charge in [-0.2, -0.15) is 0 Å². The van der Waals surface area contributed by atoms with Crippen LogP contribution in [0.5, 0.6) is 0 Å². The second-order valence-electron chi connectivity index (χ2n) is 5.75. The van der Waals surface area contributed by atoms with Gasteiger partial charge in [0.15, 0.2) is 0 Å². The minimum absolute atomic E-state index is 0.296. The molecule has 0 unspecified atom stereocenters. The van der Waals surface area contributed by atoms with Crippen molar-refractivity contribution in [2.75, 3.05) is 6.54 Å². The van der Waals surface area contributed by atoms with Gasteiger partial charge in [0.25, 0.3) is 0 Å². The van der Waals surface area contributed by atoms with Gasteiger partial charge in [0.1, 0.15) is 0 Å². The van der Waals surface area contributed by atoms with Crippen LogP contribution in [0.1, 0.15) is 51.9 Å². The SMILES string of the molecule is CC1(O)CC(CN)(C2CCCCC2)C1. The Balaban J connectivity index is 1.99. The maximum atomic E-state index is 9.86. The molecule has 0 atom stereocenters. The van der Waals surface area contributed by atoms with Gasteiger partial charge in [0, 0.05) is 0 Å². The average Bonchev–Trinajstić information content (AvgIpc) is 2.15. The lowest BCUT2D eigenvalue weighted by molar-refractivity contribution is -0.142. The van der Waals surface area contributed by atoms with Crippen molar-refractivity contribution in [3.05, 3.63) is 0 Å². The standard InChI is InChI=1S/C12H23NO/c1-11(14)7-12(8-11,9-13)10-5-3-2-4-6-10/h10,14H,2-9,13H2,1H3. The molecule has 14 heavy (non-hydrogen) atoms. The number of hydrogen-bond acceptors (Lipinski definition) is 2. The molecule has 2 heteroatoms. The van der Waals surface area contributed by atoms with Crippen LogP contribution in [0.25, 0.3) is 0 Å². The molecular weight excluding hydrogens is 174 g/mol. The van der Waals surface area contributed by atoms with E-state index in [1.165, 1.54) is 32.1 Å². The molecule has 0 radical (unpaired) electrons. The Bertz CT molecular complexity index is 198. The van der Waals surface area contributed by atoms with Crippen molar-refractivity contribution in [2.24, 2.45) is 17.1 Å². The molecule has 2 aliphatic rings. The fraction of sp³-hybridized carbons (Fsp3) is 1.00. The Morgan fingerprint density at radius 3 is 2.21 bits per heavy atom. The van der Waals surface area contributed by atoms with Gasteiger partial charge < -0.3 is 10.8 Å². The molecule has 3 N–H and O–H groups in total. The summed E-state index contributed by atoms with van der Waals surface area (Å²) in [4.78, 5) is 0. The number of rotatable bonds is 2. The Morgan fingerprint density at radius 1 is 1.21 bits per heavy atom. The van der Waals surface area contributed by atoms with Crippen LogP contribution in [-0.4, -0.2) is 17.3 Å². The predicted molar refractivity (Wildman–Crippen MR) is 57.9 cm³/mol. The van der Waals surface area contributed by atoms with E-state index in [1.54, 1.807) is 0 Å². The molecule has 0 saturated heterocycles. The topological polar surface area (TPSA) is 46.2 Å². The third-order valence-electron chi connectivity index (χ3n) is 4.34. The molecule has 2 fully saturated rings. The third-order valence-corrected chi connectivity index (χ3v) is 4.34. The monoisotopic (exact) mass is 197 g/mol. The molecule has 82 valence electrons. The molecule has 2 aliphatic carbocycles. The molecule has 2 nitrogen and oxygen atoms in total. The molecule has 2 saturated carbocycles. The van der Waals surface area contributed by atoms with Crippen LogP contribution < -0.4 is 5.73 Å². The first-order valence-corrected chi connectivity index (χ1v) is 6.00. The van der Waals surface area contributed by atoms with E-state index in [2.05, 4.69) is 0 Å². The van der Waals surface area contributed by atoms with E-state index in [-0.39, 0.29) is 0 Å². The molecule has 0 aromatic rings. The van der Waals surface area contributed by atoms with Crippen LogP contribution in [0.3, 0.4) is 0 Å². The van der Waals surface area contributed by atoms with Gasteiger partial charge in [-0.05, 0) is 50.5 Å². The fourth-order valence-corrected chi connectivity index (χ4v) is 3.78. The highest BCUT2D eigenvalue weighted by atomic mass is 16.3. The maximum absolute atomic E-state index is 9.86. The lowest BCUT2D eigenvalue weighted by Crippen LogP contribution is -2.57. The highest BCUT2D eigenvalue weighted by molar-refractivity contribution is 5.05. The van der Waals surface area contributed by atoms with Crippen molar-refractivity contribution in [1.82, 2.24) is 0 Å². The number of hydrogen-bond donors (Lipinski definition) is 2. The lowest BCUT2D eigenvalue weighted by Gasteiger charge is -2.56. The van der Waals surface area contributed by atoms with E-state index in [9.17, 15) is 5.11 Å². The molecule has 0 amide bonds. The Morgan fingerprint density at radius 2 is 1.79 bits per heavy atom. The van der Waals surface area contributed by atoms with Crippen molar-refractivity contribution in [1.29, 1.82) is 0 Å². The van der Waals surface area contributed by atoms with Gasteiger partial charge in [-0.3, -0.25) is 0 Å². The first kappa shape index (κ1) is 10.4. The highest BCUT2D eigenvalue weighted by Crippen LogP contribution is 2.55. The number of aliphatic hydroxyl groups is 1. The Hall–Kier alpha value is -0.0800. The third kappa shape index (κ3) is 1.70. The summed E-state index contributed by atoms with van der Waals surface area (Å²) >= 11 is 0. The zero-order valence-corrected chi connectivity index (χ0v) is 9.26. The van der Waals surface area contributed by atoms with Gasteiger partial charge in [0.2, 0.25) is 0 Å². The van der Waals surface area contributed by atoms with Gasteiger partial charge in [-0.15, -0.1) is 0 Å². The average molecular weight is 197 g/mol. The highest BCUT2D eigenvalue weighted by Gasteiger charge is 2.53. The van der Waals surface area contributed by atoms with E-state index in [0.717, 1.165) is 25.3 Å². The molecule has 0 spiro atoms. The van der Waals surface area contributed by atoms with Crippen LogP contribution >= 0.6 is 0 Å². The molecular formula is C12H23NO. The van der Waals surface area contributed by atoms with E-state index in [4.69, 9.17) is 5.73 Å². The zero-order chi connectivity index (χ0) is 10.2. The summed E-state index contributed by atoms with van der Waals surface area (Å²) in [6.07, 6.45) is 8.68. The molecule has 0 aliphatic heterocycles. The summed E-state index contributed by atoms with van der Waals surface area (Å²) in [5, 5.41) is 9.86. The minimum Gasteiger partial charge on any atom is -0.390 e. The van der Waals surface area contributed by atoms with E-state index < -0.39 is 5.60 Å². The normalized spacial score (nSPS) is 44.8. The van der Waals surface area contributed by atoms with Crippen molar-refractivity contribution in [2.45, 2.75) is 57.5 Å². The van der Waals surface area contributed by atoms with E-state index in [1.807, 2.05) is 6.92 Å². The summed E-state index contributed by atoms with van der Waals surface area (Å²) in [6, 6.07) is 0. The van der Waals surface area contributed by atoms with Crippen molar-refractivity contribution in [3.63, 3.8) is 0 Å². The molecule has 0 bridgehead atoms. The van der Waals surface area contributed by atoms with Crippen molar-refractivity contribution >= 4 is 0 Å². The predicted octanol–water partition coefficient (Wildman–Crippen LogP) is 2.06. The van der Waals surface area contributed by atoms with Crippen molar-refractivity contribution < 1.29 is 5.11 Å². The van der Waals surface area contributed by atoms with Crippen molar-refractivity contribution in [3.8, 4) is 0 Å². The quantitative estimate of drug-likeness (QED) is 0.711. The summed E-state index contributed by atoms with van der Waals surface area (Å²) < 4.78 is 0. The Labute approximate surface area is 86.9 Å². The van der Waals surface area contributed by atoms with Crippen LogP contribution in [0, 0.1) is 11.3 Å². The van der Waals surface area contributed by atoms with E-state index >= 15 is 0 Å². The zero-order valence-electron chi connectivity index (χ0n) is 9.26. The largest absolute Gasteiger partial charge is 0.390 e. The van der Waals surface area contributed by atoms with Gasteiger partial charge in [-0.25, -0.2) is 0 Å². The smallest absolute Gasteiger partial charge is 0.0631 e. The second-order valence-corrected chi connectivity index (χ2v) is 5.75. The first-order chi connectivity index (χ1) is 6.58. The van der Waals surface area contributed by atoms with Crippen LogP contribution in [-0.2, 0) is 0 Å². The van der Waals surface area contributed by atoms with E-state index in [0.29, 0.717) is 5.41 Å². The van der Waals surface area contributed by atoms with Gasteiger partial charge in [0.05, 0.1) is 5.60 Å². The number of nitrogens with two attached hydrogens (primary N) is 1. The molecule has 2 rings (SSSR count). The van der Waals surface area contributed by atoms with Crippen LogP contribution in [0.4, 0.5) is 0 Å². The van der Waals surface area contributed by atoms with Gasteiger partial charge in [-0.1, -0.05) is 19.3 Å². The Kier molecular flexibility index (Phi) is 2.61. The molecule has 0 aromatic heterocycles. The summed E-state index contributed by atoms with van der Waals surface area (Å²) in [7, 11) is 0. The summed E-state index contributed by atoms with van der Waals surface area (Å²) in [5.74, 6) is 0.793. The van der Waals surface area contributed by atoms with Crippen LogP contribution in [0.2, 0.25) is 0 Å². The summed E-state index contributed by atoms with van der Waals surface area (Å²) in [5.41, 5.74) is 5.79. The second kappa shape index (κ2) is 3.49. The maximum Gasteiger partial charge on any atom is 0.0631 e. The molecule has 0 heterocycles. The first-order valence-electron chi connectivity index (χ1n) is 6.00. The molecule has 0 aromatic carbocycles. The summed E-state index contributed by atoms with van der Waals surface area (Å²) in [6.45, 7) is 2.72. The van der Waals surface area contributed by atoms with Crippen LogP contribution in [0.15, 0.2) is 0 Å². The fourth-order valence-electron chi connectivity index (χ4n) is 3.78. The van der Waals surface area contributed by atoms with Gasteiger partial charge >= 0.3 is 0 Å².